The third-order valence-electron chi connectivity index (χ3n) is 1.42. The van der Waals surface area contributed by atoms with E-state index < -0.39 is 0 Å². The second-order valence-corrected chi connectivity index (χ2v) is 2.33. The highest BCUT2D eigenvalue weighted by molar-refractivity contribution is 5.54. The lowest BCUT2D eigenvalue weighted by molar-refractivity contribution is 0.343. The Morgan fingerprint density at radius 3 is 2.50 bits per heavy atom. The predicted octanol–water partition coefficient (Wildman–Crippen LogP) is 1.10. The van der Waals surface area contributed by atoms with Crippen LogP contribution in [0.5, 0.6) is 11.5 Å². The molecule has 0 aromatic heterocycles. The summed E-state index contributed by atoms with van der Waals surface area (Å²) in [6.07, 6.45) is 3.20. The molecule has 12 heavy (non-hydrogen) atoms. The number of aromatic hydroxyl groups is 2. The molecule has 0 fully saturated rings. The minimum Gasteiger partial charge on any atom is -0.504 e. The average molecular weight is 166 g/mol. The van der Waals surface area contributed by atoms with Gasteiger partial charge in [-0.15, -0.1) is 0 Å². The number of rotatable bonds is 2. The van der Waals surface area contributed by atoms with Gasteiger partial charge in [-0.3, -0.25) is 0 Å². The van der Waals surface area contributed by atoms with Gasteiger partial charge in [0.05, 0.1) is 6.61 Å². The van der Waals surface area contributed by atoms with Crippen LogP contribution < -0.4 is 0 Å². The molecule has 0 aliphatic heterocycles. The largest absolute Gasteiger partial charge is 0.504 e. The minimum absolute atomic E-state index is 0.0400. The van der Waals surface area contributed by atoms with Crippen LogP contribution in [0.4, 0.5) is 0 Å². The summed E-state index contributed by atoms with van der Waals surface area (Å²) < 4.78 is 0. The van der Waals surface area contributed by atoms with Crippen molar-refractivity contribution in [1.29, 1.82) is 0 Å². The number of hydrogen-bond acceptors (Lipinski definition) is 3. The van der Waals surface area contributed by atoms with Crippen molar-refractivity contribution in [3.63, 3.8) is 0 Å². The van der Waals surface area contributed by atoms with Gasteiger partial charge in [0.1, 0.15) is 0 Å². The standard InChI is InChI=1S/C9H10O3/c10-5-1-2-7-3-4-8(11)9(12)6-7/h1-4,6,10-12H,5H2/b2-1+. The Hall–Kier alpha value is -1.48. The average Bonchev–Trinajstić information content (AvgIpc) is 2.07. The number of benzene rings is 1. The first-order valence-corrected chi connectivity index (χ1v) is 3.53. The van der Waals surface area contributed by atoms with Gasteiger partial charge < -0.3 is 15.3 Å². The summed E-state index contributed by atoms with van der Waals surface area (Å²) in [5.41, 5.74) is 0.736. The first kappa shape index (κ1) is 8.62. The molecule has 3 N–H and O–H groups in total. The summed E-state index contributed by atoms with van der Waals surface area (Å²) in [7, 11) is 0. The number of phenolic OH excluding ortho intramolecular Hbond substituents is 2. The van der Waals surface area contributed by atoms with Crippen LogP contribution >= 0.6 is 0 Å². The van der Waals surface area contributed by atoms with Crippen LogP contribution in [0.3, 0.4) is 0 Å². The van der Waals surface area contributed by atoms with E-state index in [1.165, 1.54) is 12.1 Å². The number of phenols is 2. The maximum absolute atomic E-state index is 9.05. The first-order valence-electron chi connectivity index (χ1n) is 3.53. The lowest BCUT2D eigenvalue weighted by Crippen LogP contribution is -1.75. The quantitative estimate of drug-likeness (QED) is 0.576. The Bertz CT molecular complexity index is 292. The van der Waals surface area contributed by atoms with Crippen molar-refractivity contribution >= 4 is 6.08 Å². The molecule has 1 aromatic rings. The zero-order chi connectivity index (χ0) is 8.97. The number of aliphatic hydroxyl groups excluding tert-OH is 1. The molecule has 0 bridgehead atoms. The molecule has 0 amide bonds. The SMILES string of the molecule is OC/C=C/c1ccc(O)c(O)c1. The van der Waals surface area contributed by atoms with E-state index >= 15 is 0 Å². The molecule has 0 heterocycles. The third-order valence-corrected chi connectivity index (χ3v) is 1.42. The van der Waals surface area contributed by atoms with Crippen molar-refractivity contribution < 1.29 is 15.3 Å². The van der Waals surface area contributed by atoms with E-state index in [1.807, 2.05) is 0 Å². The highest BCUT2D eigenvalue weighted by atomic mass is 16.3. The molecule has 0 radical (unpaired) electrons. The van der Waals surface area contributed by atoms with E-state index in [1.54, 1.807) is 18.2 Å². The Morgan fingerprint density at radius 1 is 1.17 bits per heavy atom. The highest BCUT2D eigenvalue weighted by Crippen LogP contribution is 2.25. The Balaban J connectivity index is 2.89. The molecule has 0 unspecified atom stereocenters. The fourth-order valence-corrected chi connectivity index (χ4v) is 0.833. The molecule has 0 spiro atoms. The van der Waals surface area contributed by atoms with Crippen LogP contribution in [0.2, 0.25) is 0 Å². The van der Waals surface area contributed by atoms with E-state index in [4.69, 9.17) is 15.3 Å². The van der Waals surface area contributed by atoms with Crippen molar-refractivity contribution in [2.24, 2.45) is 0 Å². The molecule has 64 valence electrons. The van der Waals surface area contributed by atoms with Gasteiger partial charge in [0.2, 0.25) is 0 Å². The van der Waals surface area contributed by atoms with Gasteiger partial charge in [0, 0.05) is 0 Å². The molecule has 0 saturated heterocycles. The van der Waals surface area contributed by atoms with Gasteiger partial charge in [-0.2, -0.15) is 0 Å². The molecule has 0 atom stereocenters. The van der Waals surface area contributed by atoms with Crippen molar-refractivity contribution in [3.05, 3.63) is 29.8 Å². The van der Waals surface area contributed by atoms with E-state index in [0.717, 1.165) is 5.56 Å². The van der Waals surface area contributed by atoms with Gasteiger partial charge in [0.25, 0.3) is 0 Å². The lowest BCUT2D eigenvalue weighted by Gasteiger charge is -1.97. The smallest absolute Gasteiger partial charge is 0.157 e. The van der Waals surface area contributed by atoms with Gasteiger partial charge in [-0.1, -0.05) is 18.2 Å². The molecule has 3 nitrogen and oxygen atoms in total. The lowest BCUT2D eigenvalue weighted by atomic mass is 10.2. The molecular formula is C9H10O3. The Kier molecular flexibility index (Phi) is 2.71. The van der Waals surface area contributed by atoms with Gasteiger partial charge in [0.15, 0.2) is 11.5 Å². The van der Waals surface area contributed by atoms with Crippen LogP contribution in [-0.2, 0) is 0 Å². The molecule has 1 aromatic carbocycles. The monoisotopic (exact) mass is 166 g/mol. The van der Waals surface area contributed by atoms with Crippen LogP contribution in [0, 0.1) is 0 Å². The zero-order valence-electron chi connectivity index (χ0n) is 6.44. The zero-order valence-corrected chi connectivity index (χ0v) is 6.44. The summed E-state index contributed by atoms with van der Waals surface area (Å²) in [6, 6.07) is 4.45. The maximum atomic E-state index is 9.05. The van der Waals surface area contributed by atoms with Crippen molar-refractivity contribution in [2.45, 2.75) is 0 Å². The third kappa shape index (κ3) is 2.00. The topological polar surface area (TPSA) is 60.7 Å². The van der Waals surface area contributed by atoms with Crippen molar-refractivity contribution in [2.75, 3.05) is 6.61 Å². The van der Waals surface area contributed by atoms with Crippen LogP contribution in [0.1, 0.15) is 5.56 Å². The second kappa shape index (κ2) is 3.78. The summed E-state index contributed by atoms with van der Waals surface area (Å²) in [5.74, 6) is -0.300. The fraction of sp³-hybridized carbons (Fsp3) is 0.111. The summed E-state index contributed by atoms with van der Waals surface area (Å²) in [4.78, 5) is 0. The molecule has 1 rings (SSSR count). The van der Waals surface area contributed by atoms with E-state index in [9.17, 15) is 0 Å². The maximum Gasteiger partial charge on any atom is 0.157 e. The van der Waals surface area contributed by atoms with E-state index in [2.05, 4.69) is 0 Å². The Morgan fingerprint density at radius 2 is 1.92 bits per heavy atom. The van der Waals surface area contributed by atoms with E-state index in [-0.39, 0.29) is 18.1 Å². The van der Waals surface area contributed by atoms with E-state index in [0.29, 0.717) is 0 Å². The summed E-state index contributed by atoms with van der Waals surface area (Å²) >= 11 is 0. The number of hydrogen-bond donors (Lipinski definition) is 3. The molecule has 3 heteroatoms. The normalized spacial score (nSPS) is 10.8. The summed E-state index contributed by atoms with van der Waals surface area (Å²) in [6.45, 7) is -0.0400. The van der Waals surface area contributed by atoms with Crippen LogP contribution in [0.15, 0.2) is 24.3 Å². The fourth-order valence-electron chi connectivity index (χ4n) is 0.833. The molecule has 0 aliphatic rings. The Labute approximate surface area is 70.2 Å². The predicted molar refractivity (Wildman–Crippen MR) is 45.9 cm³/mol. The van der Waals surface area contributed by atoms with Gasteiger partial charge in [-0.25, -0.2) is 0 Å². The van der Waals surface area contributed by atoms with Crippen molar-refractivity contribution in [3.8, 4) is 11.5 Å². The minimum atomic E-state index is -0.157. The van der Waals surface area contributed by atoms with Gasteiger partial charge >= 0.3 is 0 Å². The second-order valence-electron chi connectivity index (χ2n) is 2.33. The van der Waals surface area contributed by atoms with Crippen LogP contribution in [-0.4, -0.2) is 21.9 Å². The molecule has 0 aliphatic carbocycles. The summed E-state index contributed by atoms with van der Waals surface area (Å²) in [5, 5.41) is 26.5. The number of aliphatic hydroxyl groups is 1. The molecular weight excluding hydrogens is 156 g/mol. The first-order chi connectivity index (χ1) is 5.74. The highest BCUT2D eigenvalue weighted by Gasteiger charge is 1.96. The molecule has 0 saturated carbocycles. The van der Waals surface area contributed by atoms with Crippen LogP contribution in [0.25, 0.3) is 6.08 Å². The van der Waals surface area contributed by atoms with Gasteiger partial charge in [-0.05, 0) is 17.7 Å². The van der Waals surface area contributed by atoms with Crippen molar-refractivity contribution in [1.82, 2.24) is 0 Å².